The summed E-state index contributed by atoms with van der Waals surface area (Å²) in [6.07, 6.45) is 2.36. The molecule has 22 heavy (non-hydrogen) atoms. The largest absolute Gasteiger partial charge is 0.359 e. The third-order valence-corrected chi connectivity index (χ3v) is 3.98. The average molecular weight is 320 g/mol. The molecule has 1 fully saturated rings. The number of amides is 1. The van der Waals surface area contributed by atoms with E-state index in [1.54, 1.807) is 0 Å². The molecule has 2 heterocycles. The van der Waals surface area contributed by atoms with Gasteiger partial charge in [-0.3, -0.25) is 9.69 Å². The first-order valence-corrected chi connectivity index (χ1v) is 7.79. The van der Waals surface area contributed by atoms with E-state index >= 15 is 0 Å². The molecule has 3 rings (SSSR count). The lowest BCUT2D eigenvalue weighted by molar-refractivity contribution is -0.122. The van der Waals surface area contributed by atoms with Crippen LogP contribution in [-0.4, -0.2) is 35.6 Å². The van der Waals surface area contributed by atoms with Gasteiger partial charge in [-0.05, 0) is 38.1 Å². The Morgan fingerprint density at radius 2 is 2.00 bits per heavy atom. The minimum absolute atomic E-state index is 0.0198. The summed E-state index contributed by atoms with van der Waals surface area (Å²) in [6.45, 7) is 2.83. The quantitative estimate of drug-likeness (QED) is 0.920. The molecule has 0 atom stereocenters. The van der Waals surface area contributed by atoms with Crippen molar-refractivity contribution < 1.29 is 9.32 Å². The van der Waals surface area contributed by atoms with Crippen molar-refractivity contribution in [3.8, 4) is 11.3 Å². The molecule has 0 unspecified atom stereocenters. The summed E-state index contributed by atoms with van der Waals surface area (Å²) in [5.74, 6) is 0.658. The first kappa shape index (κ1) is 15.1. The van der Waals surface area contributed by atoms with Gasteiger partial charge in [0, 0.05) is 16.7 Å². The Balaban J connectivity index is 1.53. The van der Waals surface area contributed by atoms with Crippen LogP contribution >= 0.6 is 11.6 Å². The van der Waals surface area contributed by atoms with Crippen LogP contribution in [0.25, 0.3) is 11.3 Å². The third-order valence-electron chi connectivity index (χ3n) is 3.72. The molecule has 1 aliphatic rings. The van der Waals surface area contributed by atoms with Gasteiger partial charge in [0.25, 0.3) is 0 Å². The molecule has 116 valence electrons. The van der Waals surface area contributed by atoms with Crippen LogP contribution < -0.4 is 5.32 Å². The minimum Gasteiger partial charge on any atom is -0.359 e. The van der Waals surface area contributed by atoms with Gasteiger partial charge >= 0.3 is 0 Å². The molecule has 6 heteroatoms. The average Bonchev–Trinajstić information content (AvgIpc) is 3.17. The Morgan fingerprint density at radius 3 is 2.73 bits per heavy atom. The van der Waals surface area contributed by atoms with Crippen LogP contribution in [0, 0.1) is 0 Å². The van der Waals surface area contributed by atoms with E-state index in [0.717, 1.165) is 24.3 Å². The van der Waals surface area contributed by atoms with Gasteiger partial charge in [-0.2, -0.15) is 0 Å². The molecule has 1 aliphatic heterocycles. The van der Waals surface area contributed by atoms with E-state index in [2.05, 4.69) is 15.4 Å². The molecule has 1 saturated heterocycles. The Bertz CT molecular complexity index is 633. The molecule has 0 spiro atoms. The lowest BCUT2D eigenvalue weighted by Crippen LogP contribution is -2.35. The highest BCUT2D eigenvalue weighted by molar-refractivity contribution is 6.30. The first-order valence-electron chi connectivity index (χ1n) is 7.41. The summed E-state index contributed by atoms with van der Waals surface area (Å²) in [5, 5.41) is 7.56. The van der Waals surface area contributed by atoms with Crippen molar-refractivity contribution in [2.45, 2.75) is 19.4 Å². The number of hydrogen-bond acceptors (Lipinski definition) is 4. The van der Waals surface area contributed by atoms with Crippen molar-refractivity contribution in [1.29, 1.82) is 0 Å². The van der Waals surface area contributed by atoms with Gasteiger partial charge in [-0.1, -0.05) is 28.9 Å². The fourth-order valence-corrected chi connectivity index (χ4v) is 2.66. The molecule has 0 aliphatic carbocycles. The van der Waals surface area contributed by atoms with Gasteiger partial charge in [0.05, 0.1) is 13.1 Å². The Kier molecular flexibility index (Phi) is 4.75. The van der Waals surface area contributed by atoms with E-state index in [4.69, 9.17) is 16.1 Å². The van der Waals surface area contributed by atoms with E-state index in [1.165, 1.54) is 12.8 Å². The van der Waals surface area contributed by atoms with Crippen molar-refractivity contribution in [3.63, 3.8) is 0 Å². The number of halogens is 1. The third kappa shape index (κ3) is 3.87. The number of carbonyl (C=O) groups excluding carboxylic acids is 1. The maximum atomic E-state index is 11.9. The number of likely N-dealkylation sites (tertiary alicyclic amines) is 1. The fraction of sp³-hybridized carbons (Fsp3) is 0.375. The molecule has 0 bridgehead atoms. The normalized spacial score (nSPS) is 15.1. The number of hydrogen-bond donors (Lipinski definition) is 1. The van der Waals surface area contributed by atoms with Crippen molar-refractivity contribution >= 4 is 17.5 Å². The standard InChI is InChI=1S/C16H18ClN3O2/c17-13-5-3-12(4-6-13)15-9-14(22-19-15)10-18-16(21)11-20-7-1-2-8-20/h3-6,9H,1-2,7-8,10-11H2,(H,18,21). The lowest BCUT2D eigenvalue weighted by atomic mass is 10.1. The predicted octanol–water partition coefficient (Wildman–Crippen LogP) is 2.71. The molecular weight excluding hydrogens is 302 g/mol. The van der Waals surface area contributed by atoms with Crippen LogP contribution in [0.4, 0.5) is 0 Å². The number of benzene rings is 1. The molecule has 0 saturated carbocycles. The van der Waals surface area contributed by atoms with Crippen LogP contribution in [0.15, 0.2) is 34.9 Å². The molecule has 5 nitrogen and oxygen atoms in total. The molecular formula is C16H18ClN3O2. The smallest absolute Gasteiger partial charge is 0.234 e. The second-order valence-corrected chi connectivity index (χ2v) is 5.88. The maximum Gasteiger partial charge on any atom is 0.234 e. The summed E-state index contributed by atoms with van der Waals surface area (Å²) in [4.78, 5) is 14.0. The van der Waals surface area contributed by atoms with Gasteiger partial charge in [0.2, 0.25) is 5.91 Å². The van der Waals surface area contributed by atoms with Gasteiger partial charge in [-0.25, -0.2) is 0 Å². The van der Waals surface area contributed by atoms with E-state index in [9.17, 15) is 4.79 Å². The second kappa shape index (κ2) is 6.94. The minimum atomic E-state index is 0.0198. The maximum absolute atomic E-state index is 11.9. The molecule has 1 amide bonds. The zero-order chi connectivity index (χ0) is 15.4. The highest BCUT2D eigenvalue weighted by Gasteiger charge is 2.15. The fourth-order valence-electron chi connectivity index (χ4n) is 2.54. The van der Waals surface area contributed by atoms with Gasteiger partial charge in [-0.15, -0.1) is 0 Å². The summed E-state index contributed by atoms with van der Waals surface area (Å²) in [6, 6.07) is 9.22. The first-order chi connectivity index (χ1) is 10.7. The number of nitrogens with zero attached hydrogens (tertiary/aromatic N) is 2. The van der Waals surface area contributed by atoms with Crippen LogP contribution in [0.3, 0.4) is 0 Å². The Hall–Kier alpha value is -1.85. The van der Waals surface area contributed by atoms with Crippen molar-refractivity contribution in [2.75, 3.05) is 19.6 Å². The second-order valence-electron chi connectivity index (χ2n) is 5.45. The van der Waals surface area contributed by atoms with E-state index in [-0.39, 0.29) is 5.91 Å². The Labute approximate surface area is 134 Å². The molecule has 1 aromatic carbocycles. The molecule has 1 aromatic heterocycles. The molecule has 2 aromatic rings. The Morgan fingerprint density at radius 1 is 1.27 bits per heavy atom. The van der Waals surface area contributed by atoms with Crippen LogP contribution in [0.2, 0.25) is 5.02 Å². The van der Waals surface area contributed by atoms with Gasteiger partial charge in [0.1, 0.15) is 5.69 Å². The monoisotopic (exact) mass is 319 g/mol. The van der Waals surface area contributed by atoms with E-state index in [1.807, 2.05) is 30.3 Å². The predicted molar refractivity (Wildman–Crippen MR) is 84.5 cm³/mol. The lowest BCUT2D eigenvalue weighted by Gasteiger charge is -2.13. The number of aromatic nitrogens is 1. The summed E-state index contributed by atoms with van der Waals surface area (Å²) < 4.78 is 5.26. The summed E-state index contributed by atoms with van der Waals surface area (Å²) >= 11 is 5.86. The van der Waals surface area contributed by atoms with Crippen molar-refractivity contribution in [3.05, 3.63) is 41.1 Å². The summed E-state index contributed by atoms with van der Waals surface area (Å²) in [7, 11) is 0. The zero-order valence-corrected chi connectivity index (χ0v) is 13.0. The molecule has 1 N–H and O–H groups in total. The number of rotatable bonds is 5. The number of nitrogens with one attached hydrogen (secondary N) is 1. The van der Waals surface area contributed by atoms with Crippen LogP contribution in [0.1, 0.15) is 18.6 Å². The zero-order valence-electron chi connectivity index (χ0n) is 12.2. The summed E-state index contributed by atoms with van der Waals surface area (Å²) in [5.41, 5.74) is 1.67. The highest BCUT2D eigenvalue weighted by atomic mass is 35.5. The highest BCUT2D eigenvalue weighted by Crippen LogP contribution is 2.21. The molecule has 0 radical (unpaired) electrons. The van der Waals surface area contributed by atoms with Gasteiger partial charge in [0.15, 0.2) is 5.76 Å². The van der Waals surface area contributed by atoms with Gasteiger partial charge < -0.3 is 9.84 Å². The van der Waals surface area contributed by atoms with E-state index < -0.39 is 0 Å². The van der Waals surface area contributed by atoms with Crippen LogP contribution in [0.5, 0.6) is 0 Å². The number of carbonyl (C=O) groups is 1. The topological polar surface area (TPSA) is 58.4 Å². The van der Waals surface area contributed by atoms with E-state index in [0.29, 0.717) is 23.9 Å². The van der Waals surface area contributed by atoms with Crippen molar-refractivity contribution in [1.82, 2.24) is 15.4 Å². The van der Waals surface area contributed by atoms with Crippen LogP contribution in [-0.2, 0) is 11.3 Å². The SMILES string of the molecule is O=C(CN1CCCC1)NCc1cc(-c2ccc(Cl)cc2)no1. The van der Waals surface area contributed by atoms with Crippen molar-refractivity contribution in [2.24, 2.45) is 0 Å².